The average Bonchev–Trinajstić information content (AvgIpc) is 1.85. The molecule has 0 spiro atoms. The van der Waals surface area contributed by atoms with Crippen molar-refractivity contribution in [3.8, 4) is 0 Å². The molecule has 1 aliphatic rings. The second-order valence-corrected chi connectivity index (χ2v) is 3.98. The number of piperidine rings is 1. The van der Waals surface area contributed by atoms with E-state index in [-0.39, 0.29) is 0 Å². The van der Waals surface area contributed by atoms with Gasteiger partial charge >= 0.3 is 0 Å². The minimum atomic E-state index is 0.792. The van der Waals surface area contributed by atoms with Crippen LogP contribution in [0, 0.1) is 5.92 Å². The van der Waals surface area contributed by atoms with Gasteiger partial charge in [-0.15, -0.1) is 0 Å². The fraction of sp³-hybridized carbons (Fsp3) is 0.800. The van der Waals surface area contributed by atoms with E-state index in [0.717, 1.165) is 12.5 Å². The Morgan fingerprint density at radius 2 is 2.27 bits per heavy atom. The summed E-state index contributed by atoms with van der Waals surface area (Å²) in [5, 5.41) is 0. The van der Waals surface area contributed by atoms with Crippen molar-refractivity contribution in [2.75, 3.05) is 19.6 Å². The molecule has 0 aromatic carbocycles. The predicted molar refractivity (Wildman–Crippen MR) is 49.7 cm³/mol. The largest absolute Gasteiger partial charge is 0.299 e. The molecule has 1 saturated heterocycles. The number of nitrogens with zero attached hydrogens (tertiary/aromatic N) is 1. The summed E-state index contributed by atoms with van der Waals surface area (Å²) in [6, 6.07) is 0. The molecule has 0 N–H and O–H groups in total. The first-order valence-electron chi connectivity index (χ1n) is 4.57. The Morgan fingerprint density at radius 1 is 1.55 bits per heavy atom. The van der Waals surface area contributed by atoms with Crippen LogP contribution in [0.15, 0.2) is 12.2 Å². The van der Waals surface area contributed by atoms with E-state index in [1.165, 1.54) is 31.5 Å². The molecule has 0 aromatic heterocycles. The molecule has 1 heteroatoms. The van der Waals surface area contributed by atoms with E-state index in [1.807, 2.05) is 0 Å². The summed E-state index contributed by atoms with van der Waals surface area (Å²) in [7, 11) is 0. The Balaban J connectivity index is 2.28. The summed E-state index contributed by atoms with van der Waals surface area (Å²) in [6.07, 6.45) is 2.56. The van der Waals surface area contributed by atoms with Gasteiger partial charge < -0.3 is 0 Å². The van der Waals surface area contributed by atoms with E-state index in [9.17, 15) is 0 Å². The maximum absolute atomic E-state index is 4.03. The van der Waals surface area contributed by atoms with Crippen LogP contribution in [0.2, 0.25) is 0 Å². The van der Waals surface area contributed by atoms with Crippen LogP contribution in [0.1, 0.15) is 26.7 Å². The lowest BCUT2D eigenvalue weighted by Crippen LogP contribution is -2.33. The first-order valence-corrected chi connectivity index (χ1v) is 4.57. The second kappa shape index (κ2) is 3.91. The minimum Gasteiger partial charge on any atom is -0.299 e. The molecule has 1 nitrogen and oxygen atoms in total. The molecule has 11 heavy (non-hydrogen) atoms. The van der Waals surface area contributed by atoms with Crippen LogP contribution < -0.4 is 0 Å². The van der Waals surface area contributed by atoms with E-state index in [0.29, 0.717) is 0 Å². The third kappa shape index (κ3) is 3.06. The fourth-order valence-corrected chi connectivity index (χ4v) is 1.70. The summed E-state index contributed by atoms with van der Waals surface area (Å²) in [6.45, 7) is 12.2. The van der Waals surface area contributed by atoms with E-state index >= 15 is 0 Å². The third-order valence-corrected chi connectivity index (χ3v) is 2.08. The SMILES string of the molecule is C=C1CCCN(CC(C)C)C1. The van der Waals surface area contributed by atoms with Crippen molar-refractivity contribution in [1.82, 2.24) is 4.90 Å². The number of likely N-dealkylation sites (tertiary alicyclic amines) is 1. The molecule has 0 amide bonds. The summed E-state index contributed by atoms with van der Waals surface area (Å²) >= 11 is 0. The Morgan fingerprint density at radius 3 is 2.82 bits per heavy atom. The molecule has 1 rings (SSSR count). The highest BCUT2D eigenvalue weighted by Crippen LogP contribution is 2.14. The summed E-state index contributed by atoms with van der Waals surface area (Å²) in [5.41, 5.74) is 1.41. The Labute approximate surface area is 70.1 Å². The van der Waals surface area contributed by atoms with E-state index in [1.54, 1.807) is 0 Å². The van der Waals surface area contributed by atoms with Crippen molar-refractivity contribution in [1.29, 1.82) is 0 Å². The molecule has 1 heterocycles. The van der Waals surface area contributed by atoms with Gasteiger partial charge in [-0.05, 0) is 25.3 Å². The van der Waals surface area contributed by atoms with Crippen molar-refractivity contribution >= 4 is 0 Å². The van der Waals surface area contributed by atoms with Crippen LogP contribution in [-0.4, -0.2) is 24.5 Å². The number of hydrogen-bond acceptors (Lipinski definition) is 1. The molecule has 0 saturated carbocycles. The molecule has 0 unspecified atom stereocenters. The summed E-state index contributed by atoms with van der Waals surface area (Å²) < 4.78 is 0. The zero-order chi connectivity index (χ0) is 8.27. The van der Waals surface area contributed by atoms with E-state index in [4.69, 9.17) is 0 Å². The number of rotatable bonds is 2. The van der Waals surface area contributed by atoms with Gasteiger partial charge in [-0.3, -0.25) is 4.90 Å². The van der Waals surface area contributed by atoms with Crippen molar-refractivity contribution < 1.29 is 0 Å². The van der Waals surface area contributed by atoms with Gasteiger partial charge in [0, 0.05) is 13.1 Å². The van der Waals surface area contributed by atoms with E-state index < -0.39 is 0 Å². The van der Waals surface area contributed by atoms with Gasteiger partial charge in [0.25, 0.3) is 0 Å². The molecule has 0 aliphatic carbocycles. The van der Waals surface area contributed by atoms with Crippen LogP contribution in [0.4, 0.5) is 0 Å². The van der Waals surface area contributed by atoms with Crippen LogP contribution in [0.3, 0.4) is 0 Å². The van der Waals surface area contributed by atoms with Crippen LogP contribution >= 0.6 is 0 Å². The van der Waals surface area contributed by atoms with Crippen LogP contribution in [0.5, 0.6) is 0 Å². The Bertz CT molecular complexity index is 138. The topological polar surface area (TPSA) is 3.24 Å². The number of hydrogen-bond donors (Lipinski definition) is 0. The second-order valence-electron chi connectivity index (χ2n) is 3.98. The lowest BCUT2D eigenvalue weighted by Gasteiger charge is -2.29. The van der Waals surface area contributed by atoms with E-state index in [2.05, 4.69) is 25.3 Å². The predicted octanol–water partition coefficient (Wildman–Crippen LogP) is 2.29. The van der Waals surface area contributed by atoms with Crippen LogP contribution in [0.25, 0.3) is 0 Å². The van der Waals surface area contributed by atoms with Gasteiger partial charge in [-0.1, -0.05) is 26.0 Å². The zero-order valence-electron chi connectivity index (χ0n) is 7.77. The first-order chi connectivity index (χ1) is 5.18. The fourth-order valence-electron chi connectivity index (χ4n) is 1.70. The minimum absolute atomic E-state index is 0.792. The van der Waals surface area contributed by atoms with Gasteiger partial charge in [-0.25, -0.2) is 0 Å². The zero-order valence-corrected chi connectivity index (χ0v) is 7.77. The summed E-state index contributed by atoms with van der Waals surface area (Å²) in [5.74, 6) is 0.792. The lowest BCUT2D eigenvalue weighted by atomic mass is 10.1. The summed E-state index contributed by atoms with van der Waals surface area (Å²) in [4.78, 5) is 2.51. The molecular formula is C10H19N. The highest BCUT2D eigenvalue weighted by molar-refractivity contribution is 5.00. The quantitative estimate of drug-likeness (QED) is 0.550. The monoisotopic (exact) mass is 153 g/mol. The van der Waals surface area contributed by atoms with Crippen LogP contribution in [-0.2, 0) is 0 Å². The third-order valence-electron chi connectivity index (χ3n) is 2.08. The average molecular weight is 153 g/mol. The maximum atomic E-state index is 4.03. The van der Waals surface area contributed by atoms with Gasteiger partial charge in [0.15, 0.2) is 0 Å². The molecule has 1 aliphatic heterocycles. The lowest BCUT2D eigenvalue weighted by molar-refractivity contribution is 0.238. The van der Waals surface area contributed by atoms with Gasteiger partial charge in [0.2, 0.25) is 0 Å². The molecule has 0 radical (unpaired) electrons. The smallest absolute Gasteiger partial charge is 0.0190 e. The molecule has 64 valence electrons. The Hall–Kier alpha value is -0.300. The molecule has 1 fully saturated rings. The molecular weight excluding hydrogens is 134 g/mol. The van der Waals surface area contributed by atoms with Gasteiger partial charge in [-0.2, -0.15) is 0 Å². The molecule has 0 bridgehead atoms. The Kier molecular flexibility index (Phi) is 3.13. The first kappa shape index (κ1) is 8.79. The van der Waals surface area contributed by atoms with Gasteiger partial charge in [0.05, 0.1) is 0 Å². The normalized spacial score (nSPS) is 21.2. The van der Waals surface area contributed by atoms with Gasteiger partial charge in [0.1, 0.15) is 0 Å². The molecule has 0 atom stereocenters. The van der Waals surface area contributed by atoms with Crippen molar-refractivity contribution in [2.24, 2.45) is 5.92 Å². The highest BCUT2D eigenvalue weighted by atomic mass is 15.1. The molecule has 0 aromatic rings. The van der Waals surface area contributed by atoms with Crippen molar-refractivity contribution in [3.63, 3.8) is 0 Å². The maximum Gasteiger partial charge on any atom is 0.0190 e. The highest BCUT2D eigenvalue weighted by Gasteiger charge is 2.12. The van der Waals surface area contributed by atoms with Crippen molar-refractivity contribution in [3.05, 3.63) is 12.2 Å². The standard InChI is InChI=1S/C10H19N/c1-9(2)7-11-6-4-5-10(3)8-11/h9H,3-8H2,1-2H3. The van der Waals surface area contributed by atoms with Crippen molar-refractivity contribution in [2.45, 2.75) is 26.7 Å².